The van der Waals surface area contributed by atoms with E-state index in [1.54, 1.807) is 11.6 Å². The Kier molecular flexibility index (Phi) is 6.95. The summed E-state index contributed by atoms with van der Waals surface area (Å²) in [5.41, 5.74) is 2.55. The van der Waals surface area contributed by atoms with E-state index in [0.717, 1.165) is 12.8 Å². The number of carbonyl (C=O) groups is 1. The zero-order valence-electron chi connectivity index (χ0n) is 19.7. The molecule has 2 aliphatic heterocycles. The Morgan fingerprint density at radius 3 is 2.63 bits per heavy atom. The van der Waals surface area contributed by atoms with Gasteiger partial charge in [-0.2, -0.15) is 4.31 Å². The molecule has 1 aromatic carbocycles. The number of sulfonamides is 1. The maximum Gasteiger partial charge on any atom is 0.262 e. The predicted molar refractivity (Wildman–Crippen MR) is 126 cm³/mol. The first-order valence-corrected chi connectivity index (χ1v) is 13.5. The molecule has 1 aromatic heterocycles. The predicted octanol–water partition coefficient (Wildman–Crippen LogP) is 0.392. The standard InChI is InChI=1S/C24H32N4O6S/c1-27-12-24(25-15-27)35(31,32)28-11-19(29)13-33-14-22-21(28)7-6-20(34-22)10-23(30)26-18-8-16-4-2-3-5-17(16)9-18/h2-5,12,15,18-22,29H,6-11,13-14H2,1H3,(H,26,30)/t19-,20-,21+,22-/m0/s1. The smallest absolute Gasteiger partial charge is 0.262 e. The molecule has 2 saturated heterocycles. The third kappa shape index (κ3) is 5.29. The number of aromatic nitrogens is 2. The molecule has 0 unspecified atom stereocenters. The molecular weight excluding hydrogens is 472 g/mol. The molecule has 2 N–H and O–H groups in total. The highest BCUT2D eigenvalue weighted by Gasteiger charge is 2.44. The van der Waals surface area contributed by atoms with Gasteiger partial charge in [0.1, 0.15) is 0 Å². The molecule has 5 rings (SSSR count). The van der Waals surface area contributed by atoms with E-state index >= 15 is 0 Å². The Bertz CT molecular complexity index is 1140. The fourth-order valence-corrected chi connectivity index (χ4v) is 7.05. The Morgan fingerprint density at radius 1 is 1.20 bits per heavy atom. The molecule has 3 aliphatic rings. The van der Waals surface area contributed by atoms with Gasteiger partial charge < -0.3 is 24.5 Å². The van der Waals surface area contributed by atoms with Gasteiger partial charge in [0.25, 0.3) is 10.0 Å². The molecular formula is C24H32N4O6S. The summed E-state index contributed by atoms with van der Waals surface area (Å²) in [6.45, 7) is 0.0526. The number of nitrogens with one attached hydrogen (secondary N) is 1. The molecule has 1 amide bonds. The Balaban J connectivity index is 1.24. The van der Waals surface area contributed by atoms with Gasteiger partial charge in [0, 0.05) is 25.8 Å². The van der Waals surface area contributed by atoms with Crippen LogP contribution in [0, 0.1) is 0 Å². The van der Waals surface area contributed by atoms with Crippen LogP contribution < -0.4 is 5.32 Å². The first kappa shape index (κ1) is 24.4. The van der Waals surface area contributed by atoms with Gasteiger partial charge in [-0.25, -0.2) is 13.4 Å². The van der Waals surface area contributed by atoms with Crippen LogP contribution in [-0.4, -0.2) is 83.4 Å². The summed E-state index contributed by atoms with van der Waals surface area (Å²) in [7, 11) is -2.24. The first-order chi connectivity index (χ1) is 16.8. The average molecular weight is 505 g/mol. The van der Waals surface area contributed by atoms with Crippen LogP contribution in [0.25, 0.3) is 0 Å². The number of nitrogens with zero attached hydrogens (tertiary/aromatic N) is 3. The van der Waals surface area contributed by atoms with Gasteiger partial charge in [-0.05, 0) is 36.8 Å². The van der Waals surface area contributed by atoms with E-state index in [1.807, 2.05) is 12.1 Å². The molecule has 1 aliphatic carbocycles. The summed E-state index contributed by atoms with van der Waals surface area (Å²) in [6, 6.07) is 7.80. The lowest BCUT2D eigenvalue weighted by molar-refractivity contribution is -0.146. The third-order valence-corrected chi connectivity index (χ3v) is 8.79. The minimum Gasteiger partial charge on any atom is -0.389 e. The van der Waals surface area contributed by atoms with Gasteiger partial charge in [-0.3, -0.25) is 4.79 Å². The zero-order valence-corrected chi connectivity index (χ0v) is 20.6. The molecule has 2 aromatic rings. The van der Waals surface area contributed by atoms with Crippen molar-refractivity contribution in [3.05, 3.63) is 47.9 Å². The molecule has 3 heterocycles. The molecule has 35 heavy (non-hydrogen) atoms. The van der Waals surface area contributed by atoms with Crippen molar-refractivity contribution in [3.63, 3.8) is 0 Å². The molecule has 10 nitrogen and oxygen atoms in total. The SMILES string of the molecule is Cn1cnc(S(=O)(=O)N2C[C@H](O)COC[C@@H]3O[C@H](CC(=O)NC4Cc5ccccc5C4)CC[C@H]32)c1. The minimum absolute atomic E-state index is 0.00815. The minimum atomic E-state index is -3.94. The van der Waals surface area contributed by atoms with Crippen molar-refractivity contribution in [2.45, 2.75) is 67.5 Å². The number of imidazole rings is 1. The lowest BCUT2D eigenvalue weighted by atomic mass is 9.96. The normalized spacial score (nSPS) is 28.1. The van der Waals surface area contributed by atoms with Gasteiger partial charge >= 0.3 is 0 Å². The van der Waals surface area contributed by atoms with Gasteiger partial charge in [0.2, 0.25) is 5.91 Å². The van der Waals surface area contributed by atoms with Crippen LogP contribution in [0.4, 0.5) is 0 Å². The number of fused-ring (bicyclic) bond motifs is 2. The number of β-amino-alcohol motifs (C(OH)–C–C–N with tert-alkyl or cyclic N) is 1. The highest BCUT2D eigenvalue weighted by Crippen LogP contribution is 2.31. The Morgan fingerprint density at radius 2 is 1.94 bits per heavy atom. The van der Waals surface area contributed by atoms with Crippen LogP contribution in [0.15, 0.2) is 41.8 Å². The van der Waals surface area contributed by atoms with E-state index < -0.39 is 28.3 Å². The number of rotatable bonds is 5. The number of aliphatic hydroxyl groups is 1. The monoisotopic (exact) mass is 504 g/mol. The van der Waals surface area contributed by atoms with E-state index in [9.17, 15) is 18.3 Å². The van der Waals surface area contributed by atoms with E-state index in [4.69, 9.17) is 9.47 Å². The largest absolute Gasteiger partial charge is 0.389 e. The Labute approximate surface area is 205 Å². The third-order valence-electron chi connectivity index (χ3n) is 7.02. The maximum absolute atomic E-state index is 13.4. The quantitative estimate of drug-likeness (QED) is 0.604. The van der Waals surface area contributed by atoms with Crippen LogP contribution in [0.3, 0.4) is 0 Å². The zero-order chi connectivity index (χ0) is 24.6. The van der Waals surface area contributed by atoms with Gasteiger partial charge in [-0.15, -0.1) is 0 Å². The van der Waals surface area contributed by atoms with E-state index in [0.29, 0.717) is 12.8 Å². The maximum atomic E-state index is 13.4. The number of hydrogen-bond acceptors (Lipinski definition) is 7. The Hall–Kier alpha value is -2.31. The van der Waals surface area contributed by atoms with Crippen LogP contribution in [0.2, 0.25) is 0 Å². The number of benzene rings is 1. The number of carbonyl (C=O) groups excluding carboxylic acids is 1. The molecule has 0 saturated carbocycles. The summed E-state index contributed by atoms with van der Waals surface area (Å²) >= 11 is 0. The average Bonchev–Trinajstić information content (AvgIpc) is 3.42. The van der Waals surface area contributed by atoms with Crippen LogP contribution >= 0.6 is 0 Å². The first-order valence-electron chi connectivity index (χ1n) is 12.1. The van der Waals surface area contributed by atoms with E-state index in [2.05, 4.69) is 22.4 Å². The van der Waals surface area contributed by atoms with Crippen molar-refractivity contribution < 1.29 is 27.8 Å². The molecule has 0 spiro atoms. The fraction of sp³-hybridized carbons (Fsp3) is 0.583. The van der Waals surface area contributed by atoms with Crippen molar-refractivity contribution >= 4 is 15.9 Å². The molecule has 11 heteroatoms. The second-order valence-corrected chi connectivity index (χ2v) is 11.6. The topological polar surface area (TPSA) is 123 Å². The summed E-state index contributed by atoms with van der Waals surface area (Å²) in [6.07, 6.45) is 3.97. The number of aliphatic hydroxyl groups excluding tert-OH is 1. The van der Waals surface area contributed by atoms with Crippen LogP contribution in [0.5, 0.6) is 0 Å². The number of ether oxygens (including phenoxy) is 2. The number of aryl methyl sites for hydroxylation is 1. The fourth-order valence-electron chi connectivity index (χ4n) is 5.37. The lowest BCUT2D eigenvalue weighted by Gasteiger charge is -2.43. The summed E-state index contributed by atoms with van der Waals surface area (Å²) < 4.78 is 41.5. The highest BCUT2D eigenvalue weighted by atomic mass is 32.2. The molecule has 2 fully saturated rings. The van der Waals surface area contributed by atoms with Crippen molar-refractivity contribution in [1.29, 1.82) is 0 Å². The van der Waals surface area contributed by atoms with Crippen LogP contribution in [-0.2, 0) is 44.2 Å². The van der Waals surface area contributed by atoms with Crippen molar-refractivity contribution in [2.75, 3.05) is 19.8 Å². The summed E-state index contributed by atoms with van der Waals surface area (Å²) in [4.78, 5) is 16.8. The molecule has 190 valence electrons. The van der Waals surface area contributed by atoms with Crippen LogP contribution in [0.1, 0.15) is 30.4 Å². The molecule has 0 radical (unpaired) electrons. The van der Waals surface area contributed by atoms with Gasteiger partial charge in [-0.1, -0.05) is 24.3 Å². The van der Waals surface area contributed by atoms with E-state index in [1.165, 1.54) is 28.0 Å². The van der Waals surface area contributed by atoms with E-state index in [-0.39, 0.29) is 49.3 Å². The van der Waals surface area contributed by atoms with Gasteiger partial charge in [0.05, 0.1) is 50.3 Å². The second kappa shape index (κ2) is 9.98. The lowest BCUT2D eigenvalue weighted by Crippen LogP contribution is -2.57. The van der Waals surface area contributed by atoms with Crippen molar-refractivity contribution in [2.24, 2.45) is 7.05 Å². The molecule has 4 atom stereocenters. The summed E-state index contributed by atoms with van der Waals surface area (Å²) in [5, 5.41) is 13.4. The number of amides is 1. The summed E-state index contributed by atoms with van der Waals surface area (Å²) in [5.74, 6) is -0.0635. The van der Waals surface area contributed by atoms with Crippen molar-refractivity contribution in [3.8, 4) is 0 Å². The van der Waals surface area contributed by atoms with Crippen molar-refractivity contribution in [1.82, 2.24) is 19.2 Å². The number of hydrogen-bond donors (Lipinski definition) is 2. The molecule has 0 bridgehead atoms. The second-order valence-electron chi connectivity index (χ2n) is 9.73. The van der Waals surface area contributed by atoms with Gasteiger partial charge in [0.15, 0.2) is 5.03 Å². The highest BCUT2D eigenvalue weighted by molar-refractivity contribution is 7.89.